The van der Waals surface area contributed by atoms with Gasteiger partial charge >= 0.3 is 0 Å². The van der Waals surface area contributed by atoms with E-state index >= 15 is 0 Å². The van der Waals surface area contributed by atoms with Crippen LogP contribution in [0.4, 0.5) is 5.69 Å². The van der Waals surface area contributed by atoms with Gasteiger partial charge in [-0.25, -0.2) is 8.42 Å². The highest BCUT2D eigenvalue weighted by atomic mass is 32.2. The van der Waals surface area contributed by atoms with Crippen LogP contribution >= 0.6 is 0 Å². The fraction of sp³-hybridized carbons (Fsp3) is 0.519. The number of hydrogen-bond donors (Lipinski definition) is 1. The maximum absolute atomic E-state index is 13.0. The lowest BCUT2D eigenvalue weighted by Gasteiger charge is -2.29. The summed E-state index contributed by atoms with van der Waals surface area (Å²) in [6, 6.07) is 13.3. The Hall–Kier alpha value is -2.58. The van der Waals surface area contributed by atoms with Crippen LogP contribution in [0.1, 0.15) is 62.6 Å². The van der Waals surface area contributed by atoms with E-state index in [9.17, 15) is 13.2 Å². The molecule has 8 heteroatoms. The zero-order valence-corrected chi connectivity index (χ0v) is 21.6. The minimum Gasteiger partial charge on any atom is -0.496 e. The van der Waals surface area contributed by atoms with Crippen molar-refractivity contribution in [3.05, 3.63) is 53.6 Å². The molecule has 1 atom stereocenters. The zero-order valence-electron chi connectivity index (χ0n) is 20.8. The molecule has 190 valence electrons. The molecule has 1 amide bonds. The van der Waals surface area contributed by atoms with Crippen LogP contribution < -0.4 is 15.0 Å². The van der Waals surface area contributed by atoms with Crippen molar-refractivity contribution in [1.29, 1.82) is 0 Å². The lowest BCUT2D eigenvalue weighted by atomic mass is 10.0. The van der Waals surface area contributed by atoms with E-state index in [1.807, 2.05) is 6.92 Å². The predicted octanol–water partition coefficient (Wildman–Crippen LogP) is 4.28. The number of aryl methyl sites for hydroxylation is 1. The fourth-order valence-electron chi connectivity index (χ4n) is 4.96. The first-order valence-electron chi connectivity index (χ1n) is 12.7. The van der Waals surface area contributed by atoms with Gasteiger partial charge in [0.15, 0.2) is 0 Å². The summed E-state index contributed by atoms with van der Waals surface area (Å²) >= 11 is 0. The van der Waals surface area contributed by atoms with Crippen LogP contribution in [0.5, 0.6) is 5.75 Å². The maximum atomic E-state index is 13.0. The third-order valence-electron chi connectivity index (χ3n) is 7.07. The molecule has 2 aromatic carbocycles. The summed E-state index contributed by atoms with van der Waals surface area (Å²) in [7, 11) is -1.96. The van der Waals surface area contributed by atoms with E-state index in [-0.39, 0.29) is 23.3 Å². The van der Waals surface area contributed by atoms with Gasteiger partial charge in [0.05, 0.1) is 18.0 Å². The molecule has 2 fully saturated rings. The van der Waals surface area contributed by atoms with E-state index in [4.69, 9.17) is 4.74 Å². The molecular weight excluding hydrogens is 462 g/mol. The standard InChI is InChI=1S/C27H37N3O4S/c1-21(22-8-11-24(12-9-22)29-16-4-3-5-17-29)28-27(31)15-10-23-20-25(13-14-26(23)34-2)35(32,33)30-18-6-7-19-30/h8-9,11-14,20-21H,3-7,10,15-19H2,1-2H3,(H,28,31)/t21-/m0/s1. The number of ether oxygens (including phenoxy) is 1. The highest BCUT2D eigenvalue weighted by Gasteiger charge is 2.28. The molecule has 2 aromatic rings. The van der Waals surface area contributed by atoms with Crippen LogP contribution in [0.2, 0.25) is 0 Å². The average Bonchev–Trinajstić information content (AvgIpc) is 3.44. The van der Waals surface area contributed by atoms with Gasteiger partial charge in [0, 0.05) is 38.3 Å². The van der Waals surface area contributed by atoms with E-state index in [0.29, 0.717) is 25.3 Å². The van der Waals surface area contributed by atoms with Gasteiger partial charge in [-0.2, -0.15) is 4.31 Å². The molecule has 2 saturated heterocycles. The number of amides is 1. The highest BCUT2D eigenvalue weighted by Crippen LogP contribution is 2.28. The molecule has 0 aliphatic carbocycles. The molecule has 2 heterocycles. The molecule has 0 spiro atoms. The number of methoxy groups -OCH3 is 1. The van der Waals surface area contributed by atoms with Crippen molar-refractivity contribution in [1.82, 2.24) is 9.62 Å². The number of carbonyl (C=O) groups is 1. The molecule has 0 bridgehead atoms. The second kappa shape index (κ2) is 11.4. The van der Waals surface area contributed by atoms with E-state index < -0.39 is 10.0 Å². The second-order valence-corrected chi connectivity index (χ2v) is 11.5. The lowest BCUT2D eigenvalue weighted by molar-refractivity contribution is -0.121. The van der Waals surface area contributed by atoms with Gasteiger partial charge in [-0.05, 0) is 86.9 Å². The van der Waals surface area contributed by atoms with Crippen LogP contribution in [0.25, 0.3) is 0 Å². The fourth-order valence-corrected chi connectivity index (χ4v) is 6.53. The Morgan fingerprint density at radius 2 is 1.63 bits per heavy atom. The van der Waals surface area contributed by atoms with Crippen molar-refractivity contribution in [3.63, 3.8) is 0 Å². The monoisotopic (exact) mass is 499 g/mol. The zero-order chi connectivity index (χ0) is 24.8. The van der Waals surface area contributed by atoms with Crippen LogP contribution in [-0.4, -0.2) is 51.9 Å². The minimum atomic E-state index is -3.52. The van der Waals surface area contributed by atoms with Gasteiger partial charge in [0.1, 0.15) is 5.75 Å². The first-order chi connectivity index (χ1) is 16.9. The molecule has 2 aliphatic rings. The van der Waals surface area contributed by atoms with Crippen LogP contribution in [0, 0.1) is 0 Å². The van der Waals surface area contributed by atoms with Crippen molar-refractivity contribution in [2.24, 2.45) is 0 Å². The molecule has 35 heavy (non-hydrogen) atoms. The Morgan fingerprint density at radius 1 is 0.971 bits per heavy atom. The van der Waals surface area contributed by atoms with Crippen molar-refractivity contribution in [2.75, 3.05) is 38.2 Å². The number of rotatable bonds is 9. The van der Waals surface area contributed by atoms with Gasteiger partial charge in [-0.15, -0.1) is 0 Å². The Balaban J connectivity index is 1.36. The van der Waals surface area contributed by atoms with Gasteiger partial charge in [-0.3, -0.25) is 4.79 Å². The average molecular weight is 500 g/mol. The number of hydrogen-bond acceptors (Lipinski definition) is 5. The highest BCUT2D eigenvalue weighted by molar-refractivity contribution is 7.89. The lowest BCUT2D eigenvalue weighted by Crippen LogP contribution is -2.29. The summed E-state index contributed by atoms with van der Waals surface area (Å²) in [5.41, 5.74) is 3.03. The molecule has 1 N–H and O–H groups in total. The number of carbonyl (C=O) groups excluding carboxylic acids is 1. The molecule has 7 nitrogen and oxygen atoms in total. The minimum absolute atomic E-state index is 0.0764. The summed E-state index contributed by atoms with van der Waals surface area (Å²) in [5.74, 6) is 0.520. The molecule has 0 saturated carbocycles. The third kappa shape index (κ3) is 6.16. The topological polar surface area (TPSA) is 79.0 Å². The van der Waals surface area contributed by atoms with Crippen LogP contribution in [0.15, 0.2) is 47.4 Å². The van der Waals surface area contributed by atoms with Crippen molar-refractivity contribution in [3.8, 4) is 5.75 Å². The van der Waals surface area contributed by atoms with Gasteiger partial charge in [-0.1, -0.05) is 12.1 Å². The van der Waals surface area contributed by atoms with E-state index in [0.717, 1.165) is 37.1 Å². The van der Waals surface area contributed by atoms with Crippen LogP contribution in [-0.2, 0) is 21.2 Å². The molecular formula is C27H37N3O4S. The molecule has 0 radical (unpaired) electrons. The van der Waals surface area contributed by atoms with Gasteiger partial charge in [0.2, 0.25) is 15.9 Å². The number of anilines is 1. The molecule has 2 aliphatic heterocycles. The van der Waals surface area contributed by atoms with Crippen molar-refractivity contribution >= 4 is 21.6 Å². The maximum Gasteiger partial charge on any atom is 0.243 e. The van der Waals surface area contributed by atoms with Crippen molar-refractivity contribution in [2.45, 2.75) is 62.8 Å². The Labute approximate surface area is 209 Å². The summed E-state index contributed by atoms with van der Waals surface area (Å²) < 4.78 is 32.9. The second-order valence-electron chi connectivity index (χ2n) is 9.51. The van der Waals surface area contributed by atoms with E-state index in [1.165, 1.54) is 29.3 Å². The predicted molar refractivity (Wildman–Crippen MR) is 138 cm³/mol. The number of benzene rings is 2. The third-order valence-corrected chi connectivity index (χ3v) is 8.96. The van der Waals surface area contributed by atoms with E-state index in [2.05, 4.69) is 34.5 Å². The summed E-state index contributed by atoms with van der Waals surface area (Å²) in [6.07, 6.45) is 6.22. The first-order valence-corrected chi connectivity index (χ1v) is 14.1. The molecule has 0 unspecified atom stereocenters. The number of nitrogens with zero attached hydrogens (tertiary/aromatic N) is 2. The SMILES string of the molecule is COc1ccc(S(=O)(=O)N2CCCC2)cc1CCC(=O)N[C@@H](C)c1ccc(N2CCCCC2)cc1. The quantitative estimate of drug-likeness (QED) is 0.557. The summed E-state index contributed by atoms with van der Waals surface area (Å²) in [6.45, 7) is 5.31. The Kier molecular flexibility index (Phi) is 8.34. The first kappa shape index (κ1) is 25.5. The Bertz CT molecular complexity index is 1110. The molecule has 0 aromatic heterocycles. The normalized spacial score (nSPS) is 17.8. The smallest absolute Gasteiger partial charge is 0.243 e. The molecule has 4 rings (SSSR count). The van der Waals surface area contributed by atoms with Crippen LogP contribution in [0.3, 0.4) is 0 Å². The number of piperidine rings is 1. The number of nitrogens with one attached hydrogen (secondary N) is 1. The van der Waals surface area contributed by atoms with Crippen molar-refractivity contribution < 1.29 is 17.9 Å². The van der Waals surface area contributed by atoms with Gasteiger partial charge < -0.3 is 15.0 Å². The Morgan fingerprint density at radius 3 is 2.29 bits per heavy atom. The largest absolute Gasteiger partial charge is 0.496 e. The van der Waals surface area contributed by atoms with E-state index in [1.54, 1.807) is 25.3 Å². The number of sulfonamides is 1. The summed E-state index contributed by atoms with van der Waals surface area (Å²) in [4.78, 5) is 15.4. The van der Waals surface area contributed by atoms with Gasteiger partial charge in [0.25, 0.3) is 0 Å². The summed E-state index contributed by atoms with van der Waals surface area (Å²) in [5, 5.41) is 3.07.